The van der Waals surface area contributed by atoms with Crippen molar-refractivity contribution in [2.45, 2.75) is 26.7 Å². The normalized spacial score (nSPS) is 9.91. The predicted octanol–water partition coefficient (Wildman–Crippen LogP) is 4.76. The largest absolute Gasteiger partial charge is 1.00 e. The quantitative estimate of drug-likeness (QED) is 0.274. The van der Waals surface area contributed by atoms with Crippen molar-refractivity contribution in [3.8, 4) is 11.5 Å². The summed E-state index contributed by atoms with van der Waals surface area (Å²) in [6.07, 6.45) is 1.74. The van der Waals surface area contributed by atoms with Crippen molar-refractivity contribution in [1.29, 1.82) is 0 Å². The number of para-hydroxylation sites is 2. The van der Waals surface area contributed by atoms with Gasteiger partial charge in [0.25, 0.3) is 0 Å². The number of imidazole rings is 1. The van der Waals surface area contributed by atoms with E-state index in [1.165, 1.54) is 11.1 Å². The topological polar surface area (TPSA) is 70.2 Å². The van der Waals surface area contributed by atoms with Gasteiger partial charge in [0.1, 0.15) is 5.69 Å². The van der Waals surface area contributed by atoms with Gasteiger partial charge in [0.15, 0.2) is 11.5 Å². The van der Waals surface area contributed by atoms with E-state index in [1.807, 2.05) is 30.3 Å². The third-order valence-corrected chi connectivity index (χ3v) is 5.17. The molecule has 0 fully saturated rings. The molecule has 1 radical (unpaired) electrons. The average Bonchev–Trinajstić information content (AvgIpc) is 3.39. The van der Waals surface area contributed by atoms with Gasteiger partial charge in [-0.25, -0.2) is 9.97 Å². The minimum absolute atomic E-state index is 0. The molecule has 175 valence electrons. The molecule has 0 atom stereocenters. The van der Waals surface area contributed by atoms with E-state index >= 15 is 0 Å². The SMILES string of the molecule is Brc1cnc2[nH]nc(-c3nc4ccccc4[nH]3)c2c1.Cc1ccc(C(C)C)cc1.ClCl.[Cl-].[Os+]. The van der Waals surface area contributed by atoms with Crippen molar-refractivity contribution < 1.29 is 32.2 Å². The number of aromatic nitrogens is 5. The maximum atomic E-state index is 4.55. The number of hydrogen-bond acceptors (Lipinski definition) is 3. The molecule has 5 aromatic rings. The molecular formula is C23H22BrCl3N5Os. The van der Waals surface area contributed by atoms with Crippen molar-refractivity contribution in [3.63, 3.8) is 0 Å². The number of fused-ring (bicyclic) bond motifs is 2. The molecule has 10 heteroatoms. The maximum Gasteiger partial charge on any atom is 1.00 e. The standard InChI is InChI=1S/C13H8BrN5.C10H14.Cl2.ClH.Os/c14-7-5-8-11(18-19-12(8)15-6-7)13-16-9-3-1-2-4-10(9)17-13;1-8(2)10-6-4-9(3)5-7-10;1-2;;/h1-6H,(H,16,17)(H,15,18,19);4-8H,1-3H3;;1H;/q;;;;+1/p-1. The second-order valence-electron chi connectivity index (χ2n) is 7.29. The van der Waals surface area contributed by atoms with E-state index in [9.17, 15) is 0 Å². The Morgan fingerprint density at radius 3 is 2.30 bits per heavy atom. The van der Waals surface area contributed by atoms with Crippen LogP contribution in [-0.4, -0.2) is 25.1 Å². The second-order valence-corrected chi connectivity index (χ2v) is 8.21. The van der Waals surface area contributed by atoms with Gasteiger partial charge in [0, 0.05) is 32.4 Å². The first-order valence-corrected chi connectivity index (χ1v) is 11.6. The molecule has 3 aromatic heterocycles. The van der Waals surface area contributed by atoms with Gasteiger partial charge in [-0.2, -0.15) is 5.10 Å². The number of aryl methyl sites for hydroxylation is 1. The number of aromatic amines is 2. The summed E-state index contributed by atoms with van der Waals surface area (Å²) >= 11 is 3.42. The summed E-state index contributed by atoms with van der Waals surface area (Å²) in [7, 11) is 8.22. The predicted molar refractivity (Wildman–Crippen MR) is 134 cm³/mol. The molecule has 0 aliphatic heterocycles. The molecule has 0 saturated heterocycles. The third-order valence-electron chi connectivity index (χ3n) is 4.74. The number of nitrogens with one attached hydrogen (secondary N) is 2. The number of rotatable bonds is 2. The Hall–Kier alpha value is -1.48. The first-order valence-electron chi connectivity index (χ1n) is 9.67. The van der Waals surface area contributed by atoms with Crippen LogP contribution in [-0.2, 0) is 19.8 Å². The van der Waals surface area contributed by atoms with E-state index in [0.29, 0.717) is 5.92 Å². The summed E-state index contributed by atoms with van der Waals surface area (Å²) in [5.74, 6) is 1.40. The number of H-pyrrole nitrogens is 2. The number of hydrogen-bond donors (Lipinski definition) is 2. The summed E-state index contributed by atoms with van der Waals surface area (Å²) in [5.41, 5.74) is 6.21. The van der Waals surface area contributed by atoms with E-state index in [-0.39, 0.29) is 32.2 Å². The van der Waals surface area contributed by atoms with Gasteiger partial charge in [-0.3, -0.25) is 5.10 Å². The molecule has 0 amide bonds. The van der Waals surface area contributed by atoms with E-state index < -0.39 is 0 Å². The first kappa shape index (κ1) is 29.5. The summed E-state index contributed by atoms with van der Waals surface area (Å²) in [5, 5.41) is 8.15. The Morgan fingerprint density at radius 1 is 1.00 bits per heavy atom. The fraction of sp³-hybridized carbons (Fsp3) is 0.174. The van der Waals surface area contributed by atoms with Gasteiger partial charge in [-0.05, 0) is 52.5 Å². The molecule has 0 unspecified atom stereocenters. The summed E-state index contributed by atoms with van der Waals surface area (Å²) in [6, 6.07) is 18.6. The number of pyridine rings is 1. The summed E-state index contributed by atoms with van der Waals surface area (Å²) in [4.78, 5) is 12.1. The molecule has 0 aliphatic carbocycles. The van der Waals surface area contributed by atoms with Crippen LogP contribution >= 0.6 is 37.6 Å². The molecule has 2 N–H and O–H groups in total. The third kappa shape index (κ3) is 7.50. The Kier molecular flexibility index (Phi) is 12.6. The molecule has 2 aromatic carbocycles. The van der Waals surface area contributed by atoms with E-state index in [1.54, 1.807) is 6.20 Å². The van der Waals surface area contributed by atoms with Gasteiger partial charge in [0.2, 0.25) is 0 Å². The van der Waals surface area contributed by atoms with Crippen molar-refractivity contribution in [2.75, 3.05) is 0 Å². The molecule has 0 saturated carbocycles. The number of benzene rings is 2. The van der Waals surface area contributed by atoms with Gasteiger partial charge < -0.3 is 17.4 Å². The van der Waals surface area contributed by atoms with Crippen molar-refractivity contribution in [2.24, 2.45) is 0 Å². The number of nitrogens with zero attached hydrogens (tertiary/aromatic N) is 3. The van der Waals surface area contributed by atoms with Crippen LogP contribution in [0.25, 0.3) is 33.6 Å². The Morgan fingerprint density at radius 2 is 1.67 bits per heavy atom. The van der Waals surface area contributed by atoms with Gasteiger partial charge in [0.05, 0.1) is 16.4 Å². The van der Waals surface area contributed by atoms with Gasteiger partial charge in [-0.1, -0.05) is 55.8 Å². The summed E-state index contributed by atoms with van der Waals surface area (Å²) in [6.45, 7) is 6.54. The van der Waals surface area contributed by atoms with Crippen LogP contribution in [0.15, 0.2) is 65.3 Å². The smallest absolute Gasteiger partial charge is 1.00 e. The molecule has 0 aliphatic rings. The molecule has 0 bridgehead atoms. The zero-order valence-corrected chi connectivity index (χ0v) is 24.5. The Labute approximate surface area is 230 Å². The van der Waals surface area contributed by atoms with Crippen LogP contribution in [0.5, 0.6) is 0 Å². The van der Waals surface area contributed by atoms with E-state index in [4.69, 9.17) is 0 Å². The minimum atomic E-state index is 0. The van der Waals surface area contributed by atoms with Crippen molar-refractivity contribution in [3.05, 3.63) is 76.4 Å². The van der Waals surface area contributed by atoms with Crippen LogP contribution in [0.1, 0.15) is 30.9 Å². The molecule has 33 heavy (non-hydrogen) atoms. The molecule has 0 spiro atoms. The van der Waals surface area contributed by atoms with Crippen LogP contribution in [0.4, 0.5) is 0 Å². The monoisotopic (exact) mass is 744 g/mol. The minimum Gasteiger partial charge on any atom is -1.00 e. The zero-order chi connectivity index (χ0) is 22.4. The zero-order valence-electron chi connectivity index (χ0n) is 18.1. The Bertz CT molecular complexity index is 1240. The van der Waals surface area contributed by atoms with Crippen LogP contribution in [0.2, 0.25) is 0 Å². The van der Waals surface area contributed by atoms with Gasteiger partial charge >= 0.3 is 19.8 Å². The molecular weight excluding hydrogens is 723 g/mol. The van der Waals surface area contributed by atoms with Crippen LogP contribution in [0, 0.1) is 6.92 Å². The molecule has 3 heterocycles. The summed E-state index contributed by atoms with van der Waals surface area (Å²) < 4.78 is 0.916. The van der Waals surface area contributed by atoms with Gasteiger partial charge in [-0.15, -0.1) is 0 Å². The molecule has 5 nitrogen and oxygen atoms in total. The van der Waals surface area contributed by atoms with Crippen LogP contribution < -0.4 is 12.4 Å². The fourth-order valence-corrected chi connectivity index (χ4v) is 3.41. The fourth-order valence-electron chi connectivity index (χ4n) is 3.07. The van der Waals surface area contributed by atoms with Crippen LogP contribution in [0.3, 0.4) is 0 Å². The van der Waals surface area contributed by atoms with E-state index in [2.05, 4.69) is 108 Å². The molecule has 5 rings (SSSR count). The van der Waals surface area contributed by atoms with E-state index in [0.717, 1.165) is 38.1 Å². The van der Waals surface area contributed by atoms with Crippen molar-refractivity contribution >= 4 is 59.7 Å². The first-order chi connectivity index (χ1) is 15.0. The maximum absolute atomic E-state index is 4.55. The Balaban J connectivity index is 0.000000336. The van der Waals surface area contributed by atoms with Crippen molar-refractivity contribution in [1.82, 2.24) is 25.1 Å². The second kappa shape index (κ2) is 14.0. The number of halogens is 4. The average molecular weight is 745 g/mol.